The minimum absolute atomic E-state index is 0.176. The lowest BCUT2D eigenvalue weighted by molar-refractivity contribution is 0.281. The van der Waals surface area contributed by atoms with Crippen molar-refractivity contribution in [3.05, 3.63) is 21.9 Å². The lowest BCUT2D eigenvalue weighted by Crippen LogP contribution is -1.78. The van der Waals surface area contributed by atoms with Gasteiger partial charge in [0.15, 0.2) is 0 Å². The van der Waals surface area contributed by atoms with Crippen LogP contribution in [0.3, 0.4) is 0 Å². The Bertz CT molecular complexity index is 169. The molecule has 0 aliphatic rings. The maximum absolute atomic E-state index is 8.61. The van der Waals surface area contributed by atoms with Crippen LogP contribution >= 0.6 is 11.3 Å². The summed E-state index contributed by atoms with van der Waals surface area (Å²) >= 11 is 1.67. The molecule has 8 heavy (non-hydrogen) atoms. The molecule has 0 aliphatic heterocycles. The van der Waals surface area contributed by atoms with Crippen molar-refractivity contribution in [2.75, 3.05) is 0 Å². The average Bonchev–Trinajstić information content (AvgIpc) is 2.14. The summed E-state index contributed by atoms with van der Waals surface area (Å²) in [6.45, 7) is 2.19. The van der Waals surface area contributed by atoms with Crippen LogP contribution in [0.15, 0.2) is 11.4 Å². The number of aryl methyl sites for hydroxylation is 1. The summed E-state index contributed by atoms with van der Waals surface area (Å²) in [5.74, 6) is 0. The highest BCUT2D eigenvalue weighted by Crippen LogP contribution is 2.13. The van der Waals surface area contributed by atoms with Crippen LogP contribution in [0.4, 0.5) is 0 Å². The van der Waals surface area contributed by atoms with Crippen LogP contribution < -0.4 is 0 Å². The number of aliphatic hydroxyl groups is 1. The highest BCUT2D eigenvalue weighted by molar-refractivity contribution is 7.10. The highest BCUT2D eigenvalue weighted by atomic mass is 32.1. The van der Waals surface area contributed by atoms with Gasteiger partial charge in [-0.25, -0.2) is 0 Å². The Labute approximate surface area is 52.6 Å². The first kappa shape index (κ1) is 5.79. The summed E-state index contributed by atoms with van der Waals surface area (Å²) in [7, 11) is 0. The van der Waals surface area contributed by atoms with Gasteiger partial charge >= 0.3 is 0 Å². The van der Waals surface area contributed by atoms with Crippen LogP contribution in [-0.4, -0.2) is 5.11 Å². The van der Waals surface area contributed by atoms with Gasteiger partial charge in [-0.1, -0.05) is 0 Å². The van der Waals surface area contributed by atoms with E-state index in [0.717, 1.165) is 5.56 Å². The molecule has 0 aromatic carbocycles. The van der Waals surface area contributed by atoms with Gasteiger partial charge in [0.1, 0.15) is 0 Å². The van der Waals surface area contributed by atoms with Crippen molar-refractivity contribution >= 4 is 11.3 Å². The second kappa shape index (κ2) is 2.29. The SMILES string of the molecule is Cc1sccc1CO. The molecule has 0 radical (unpaired) electrons. The predicted molar refractivity (Wildman–Crippen MR) is 35.0 cm³/mol. The van der Waals surface area contributed by atoms with Crippen LogP contribution in [-0.2, 0) is 6.61 Å². The average molecular weight is 128 g/mol. The maximum Gasteiger partial charge on any atom is 0.0692 e. The molecule has 1 aromatic heterocycles. The van der Waals surface area contributed by atoms with E-state index in [1.807, 2.05) is 18.4 Å². The number of hydrogen-bond donors (Lipinski definition) is 1. The first-order valence-electron chi connectivity index (χ1n) is 2.48. The Kier molecular flexibility index (Phi) is 1.65. The van der Waals surface area contributed by atoms with Gasteiger partial charge in [-0.15, -0.1) is 11.3 Å². The van der Waals surface area contributed by atoms with Crippen LogP contribution in [0.25, 0.3) is 0 Å². The topological polar surface area (TPSA) is 20.2 Å². The monoisotopic (exact) mass is 128 g/mol. The van der Waals surface area contributed by atoms with E-state index in [0.29, 0.717) is 0 Å². The van der Waals surface area contributed by atoms with Gasteiger partial charge in [0, 0.05) is 4.88 Å². The summed E-state index contributed by atoms with van der Waals surface area (Å²) in [6.07, 6.45) is 0. The Morgan fingerprint density at radius 3 is 2.75 bits per heavy atom. The molecule has 0 aliphatic carbocycles. The standard InChI is InChI=1S/C6H8OS/c1-5-6(4-7)2-3-8-5/h2-3,7H,4H2,1H3. The van der Waals surface area contributed by atoms with Gasteiger partial charge in [-0.05, 0) is 23.9 Å². The minimum Gasteiger partial charge on any atom is -0.392 e. The van der Waals surface area contributed by atoms with E-state index in [1.54, 1.807) is 11.3 Å². The van der Waals surface area contributed by atoms with E-state index in [2.05, 4.69) is 0 Å². The Balaban J connectivity index is 2.92. The smallest absolute Gasteiger partial charge is 0.0692 e. The molecule has 0 spiro atoms. The summed E-state index contributed by atoms with van der Waals surface area (Å²) in [4.78, 5) is 1.22. The van der Waals surface area contributed by atoms with E-state index in [1.165, 1.54) is 4.88 Å². The molecule has 1 N–H and O–H groups in total. The predicted octanol–water partition coefficient (Wildman–Crippen LogP) is 1.55. The normalized spacial score (nSPS) is 9.75. The molecule has 2 heteroatoms. The van der Waals surface area contributed by atoms with Crippen molar-refractivity contribution in [3.8, 4) is 0 Å². The molecule has 0 saturated carbocycles. The fraction of sp³-hybridized carbons (Fsp3) is 0.333. The zero-order valence-electron chi connectivity index (χ0n) is 4.72. The molecule has 0 bridgehead atoms. The van der Waals surface area contributed by atoms with Gasteiger partial charge in [0.2, 0.25) is 0 Å². The lowest BCUT2D eigenvalue weighted by Gasteiger charge is -1.87. The van der Waals surface area contributed by atoms with Crippen molar-refractivity contribution in [2.24, 2.45) is 0 Å². The third-order valence-corrected chi connectivity index (χ3v) is 2.02. The fourth-order valence-electron chi connectivity index (χ4n) is 0.575. The fourth-order valence-corrected chi connectivity index (χ4v) is 1.30. The van der Waals surface area contributed by atoms with Crippen molar-refractivity contribution in [2.45, 2.75) is 13.5 Å². The number of rotatable bonds is 1. The van der Waals surface area contributed by atoms with Crippen molar-refractivity contribution < 1.29 is 5.11 Å². The molecule has 1 heterocycles. The third kappa shape index (κ3) is 0.904. The van der Waals surface area contributed by atoms with Gasteiger partial charge in [0.05, 0.1) is 6.61 Å². The molecule has 1 aromatic rings. The number of hydrogen-bond acceptors (Lipinski definition) is 2. The van der Waals surface area contributed by atoms with Crippen molar-refractivity contribution in [3.63, 3.8) is 0 Å². The molecule has 0 atom stereocenters. The second-order valence-corrected chi connectivity index (χ2v) is 2.78. The molecule has 44 valence electrons. The third-order valence-electron chi connectivity index (χ3n) is 1.14. The second-order valence-electron chi connectivity index (χ2n) is 1.66. The van der Waals surface area contributed by atoms with E-state index in [9.17, 15) is 0 Å². The molecule has 0 saturated heterocycles. The van der Waals surface area contributed by atoms with Crippen molar-refractivity contribution in [1.82, 2.24) is 0 Å². The van der Waals surface area contributed by atoms with Gasteiger partial charge < -0.3 is 5.11 Å². The number of thiophene rings is 1. The quantitative estimate of drug-likeness (QED) is 0.608. The van der Waals surface area contributed by atoms with E-state index in [-0.39, 0.29) is 6.61 Å². The molecule has 0 amide bonds. The molecule has 1 rings (SSSR count). The molecule has 0 fully saturated rings. The van der Waals surface area contributed by atoms with Gasteiger partial charge in [0.25, 0.3) is 0 Å². The lowest BCUT2D eigenvalue weighted by atomic mass is 10.3. The molecular weight excluding hydrogens is 120 g/mol. The Morgan fingerprint density at radius 2 is 2.50 bits per heavy atom. The Morgan fingerprint density at radius 1 is 1.75 bits per heavy atom. The van der Waals surface area contributed by atoms with Crippen LogP contribution in [0, 0.1) is 6.92 Å². The molecule has 0 unspecified atom stereocenters. The summed E-state index contributed by atoms with van der Waals surface area (Å²) in [5, 5.41) is 10.6. The van der Waals surface area contributed by atoms with E-state index >= 15 is 0 Å². The largest absolute Gasteiger partial charge is 0.392 e. The van der Waals surface area contributed by atoms with Gasteiger partial charge in [-0.2, -0.15) is 0 Å². The zero-order chi connectivity index (χ0) is 5.98. The maximum atomic E-state index is 8.61. The van der Waals surface area contributed by atoms with Crippen LogP contribution in [0.5, 0.6) is 0 Å². The highest BCUT2D eigenvalue weighted by Gasteiger charge is 1.93. The number of aliphatic hydroxyl groups excluding tert-OH is 1. The molecule has 1 nitrogen and oxygen atoms in total. The minimum atomic E-state index is 0.176. The first-order chi connectivity index (χ1) is 3.84. The first-order valence-corrected chi connectivity index (χ1v) is 3.36. The van der Waals surface area contributed by atoms with Crippen LogP contribution in [0.1, 0.15) is 10.4 Å². The van der Waals surface area contributed by atoms with Crippen molar-refractivity contribution in [1.29, 1.82) is 0 Å². The van der Waals surface area contributed by atoms with E-state index in [4.69, 9.17) is 5.11 Å². The summed E-state index contributed by atoms with van der Waals surface area (Å²) in [5.41, 5.74) is 1.05. The van der Waals surface area contributed by atoms with E-state index < -0.39 is 0 Å². The van der Waals surface area contributed by atoms with Gasteiger partial charge in [-0.3, -0.25) is 0 Å². The summed E-state index contributed by atoms with van der Waals surface area (Å²) < 4.78 is 0. The van der Waals surface area contributed by atoms with Crippen LogP contribution in [0.2, 0.25) is 0 Å². The zero-order valence-corrected chi connectivity index (χ0v) is 5.53. The Hall–Kier alpha value is -0.340. The summed E-state index contributed by atoms with van der Waals surface area (Å²) in [6, 6.07) is 1.94. The molecular formula is C6H8OS.